The van der Waals surface area contributed by atoms with E-state index in [1.807, 2.05) is 24.3 Å². The van der Waals surface area contributed by atoms with E-state index >= 15 is 0 Å². The van der Waals surface area contributed by atoms with Gasteiger partial charge in [-0.1, -0.05) is 24.3 Å². The minimum Gasteiger partial charge on any atom is -0.483 e. The summed E-state index contributed by atoms with van der Waals surface area (Å²) in [5.41, 5.74) is 3.05. The summed E-state index contributed by atoms with van der Waals surface area (Å²) >= 11 is 0. The summed E-state index contributed by atoms with van der Waals surface area (Å²) < 4.78 is 17.0. The molecule has 0 spiro atoms. The van der Waals surface area contributed by atoms with Gasteiger partial charge in [0.1, 0.15) is 18.0 Å². The predicted molar refractivity (Wildman–Crippen MR) is 157 cm³/mol. The van der Waals surface area contributed by atoms with Crippen molar-refractivity contribution < 1.29 is 33.7 Å². The van der Waals surface area contributed by atoms with Crippen molar-refractivity contribution in [1.82, 2.24) is 20.6 Å². The number of fused-ring (bicyclic) bond motifs is 1. The van der Waals surface area contributed by atoms with Gasteiger partial charge in [-0.05, 0) is 62.2 Å². The smallest absolute Gasteiger partial charge is 0.415 e. The van der Waals surface area contributed by atoms with E-state index in [4.69, 9.17) is 29.1 Å². The molecule has 0 bridgehead atoms. The maximum atomic E-state index is 12.5. The van der Waals surface area contributed by atoms with Crippen molar-refractivity contribution in [1.29, 1.82) is 0 Å². The van der Waals surface area contributed by atoms with Gasteiger partial charge < -0.3 is 35.3 Å². The van der Waals surface area contributed by atoms with E-state index < -0.39 is 6.09 Å². The Hall–Kier alpha value is -4.75. The first-order valence-corrected chi connectivity index (χ1v) is 14.2. The average Bonchev–Trinajstić information content (AvgIpc) is 3.40. The van der Waals surface area contributed by atoms with E-state index in [1.54, 1.807) is 12.1 Å². The highest BCUT2D eigenvalue weighted by Gasteiger charge is 2.33. The van der Waals surface area contributed by atoms with E-state index in [0.29, 0.717) is 49.3 Å². The molecule has 6 rings (SSSR count). The molecule has 2 saturated heterocycles. The number of hydrogen-bond donors (Lipinski definition) is 4. The molecule has 0 radical (unpaired) electrons. The van der Waals surface area contributed by atoms with Gasteiger partial charge >= 0.3 is 6.09 Å². The second-order valence-corrected chi connectivity index (χ2v) is 10.2. The number of amides is 2. The average molecular weight is 591 g/mol. The first kappa shape index (κ1) is 29.7. The van der Waals surface area contributed by atoms with Gasteiger partial charge in [0.15, 0.2) is 18.2 Å². The zero-order valence-corrected chi connectivity index (χ0v) is 23.5. The van der Waals surface area contributed by atoms with Crippen molar-refractivity contribution in [3.05, 3.63) is 60.2 Å². The van der Waals surface area contributed by atoms with E-state index in [0.717, 1.165) is 42.8 Å². The standard InChI is InChI=1S/C29H32N6O5.CH2O2/c36-26-18-38-24-9-10-25(33-28(24)34-26)35-17-22(40-29(35)37)11-13-31-15-19-4-1-5-20(14-19)23-7-2-8-27(32-23)39-21-6-3-12-30-16-21;2-1-3/h1-2,4-5,7-10,14,21-22,30-31H,3,6,11-13,15-18H2,(H,33,34,36);1H,(H,2,3)/t21?,22-;/m0./s1. The quantitative estimate of drug-likeness (QED) is 0.214. The number of nitrogens with zero attached hydrogens (tertiary/aromatic N) is 3. The molecule has 5 heterocycles. The predicted octanol–water partition coefficient (Wildman–Crippen LogP) is 2.81. The van der Waals surface area contributed by atoms with E-state index in [-0.39, 0.29) is 31.2 Å². The third-order valence-electron chi connectivity index (χ3n) is 7.07. The molecule has 2 amide bonds. The molecule has 2 fully saturated rings. The normalized spacial score (nSPS) is 19.2. The second-order valence-electron chi connectivity index (χ2n) is 10.2. The van der Waals surface area contributed by atoms with Crippen LogP contribution in [0, 0.1) is 0 Å². The van der Waals surface area contributed by atoms with E-state index in [2.05, 4.69) is 39.1 Å². The van der Waals surface area contributed by atoms with Crippen LogP contribution in [0.5, 0.6) is 11.6 Å². The SMILES string of the molecule is O=C1COc2ccc(N3C[C@H](CCNCc4cccc(-c5cccc(OC6CCCNC6)n5)c4)OC3=O)nc2N1.O=CO. The number of carbonyl (C=O) groups excluding carboxylic acids is 2. The molecule has 4 N–H and O–H groups in total. The van der Waals surface area contributed by atoms with Gasteiger partial charge in [0, 0.05) is 24.7 Å². The Bertz CT molecular complexity index is 1430. The number of nitrogens with one attached hydrogen (secondary N) is 3. The van der Waals surface area contributed by atoms with Crippen LogP contribution in [0.25, 0.3) is 11.3 Å². The molecule has 226 valence electrons. The Morgan fingerprint density at radius 1 is 1.14 bits per heavy atom. The first-order valence-electron chi connectivity index (χ1n) is 14.2. The molecule has 13 heteroatoms. The molecular weight excluding hydrogens is 556 g/mol. The Morgan fingerprint density at radius 3 is 2.84 bits per heavy atom. The fourth-order valence-electron chi connectivity index (χ4n) is 5.03. The van der Waals surface area contributed by atoms with Crippen LogP contribution in [-0.4, -0.2) is 78.5 Å². The molecule has 13 nitrogen and oxygen atoms in total. The lowest BCUT2D eigenvalue weighted by atomic mass is 10.1. The largest absolute Gasteiger partial charge is 0.483 e. The molecule has 1 unspecified atom stereocenters. The number of ether oxygens (including phenoxy) is 3. The van der Waals surface area contributed by atoms with Crippen LogP contribution in [0.4, 0.5) is 16.4 Å². The van der Waals surface area contributed by atoms with Gasteiger partial charge in [-0.3, -0.25) is 14.5 Å². The maximum absolute atomic E-state index is 12.5. The van der Waals surface area contributed by atoms with Crippen molar-refractivity contribution >= 4 is 30.1 Å². The molecule has 3 aliphatic rings. The summed E-state index contributed by atoms with van der Waals surface area (Å²) in [7, 11) is 0. The lowest BCUT2D eigenvalue weighted by Gasteiger charge is -2.23. The summed E-state index contributed by atoms with van der Waals surface area (Å²) in [5.74, 6) is 1.58. The number of piperidine rings is 1. The van der Waals surface area contributed by atoms with Crippen LogP contribution in [0.1, 0.15) is 24.8 Å². The van der Waals surface area contributed by atoms with Crippen LogP contribution in [-0.2, 0) is 20.9 Å². The summed E-state index contributed by atoms with van der Waals surface area (Å²) in [4.78, 5) is 43.0. The van der Waals surface area contributed by atoms with Gasteiger partial charge in [0.25, 0.3) is 12.4 Å². The molecular formula is C30H34N6O7. The lowest BCUT2D eigenvalue weighted by molar-refractivity contribution is -0.123. The highest BCUT2D eigenvalue weighted by atomic mass is 16.6. The summed E-state index contributed by atoms with van der Waals surface area (Å²) in [6.07, 6.45) is 2.25. The molecule has 43 heavy (non-hydrogen) atoms. The maximum Gasteiger partial charge on any atom is 0.415 e. The number of benzene rings is 1. The number of aromatic nitrogens is 2. The fraction of sp³-hybridized carbons (Fsp3) is 0.367. The zero-order chi connectivity index (χ0) is 30.0. The topological polar surface area (TPSA) is 164 Å². The molecule has 2 atom stereocenters. The molecule has 3 aliphatic heterocycles. The van der Waals surface area contributed by atoms with Crippen molar-refractivity contribution in [2.24, 2.45) is 0 Å². The van der Waals surface area contributed by atoms with E-state index in [9.17, 15) is 9.59 Å². The van der Waals surface area contributed by atoms with Gasteiger partial charge in [-0.25, -0.2) is 14.8 Å². The summed E-state index contributed by atoms with van der Waals surface area (Å²) in [6, 6.07) is 17.6. The van der Waals surface area contributed by atoms with Gasteiger partial charge in [0.05, 0.1) is 12.2 Å². The minimum absolute atomic E-state index is 0.0450. The Balaban J connectivity index is 0.00000118. The number of hydrogen-bond acceptors (Lipinski definition) is 10. The van der Waals surface area contributed by atoms with Crippen LogP contribution >= 0.6 is 0 Å². The Kier molecular flexibility index (Phi) is 9.97. The Morgan fingerprint density at radius 2 is 2.00 bits per heavy atom. The molecule has 2 aromatic heterocycles. The lowest BCUT2D eigenvalue weighted by Crippen LogP contribution is -2.37. The van der Waals surface area contributed by atoms with Gasteiger partial charge in [-0.2, -0.15) is 0 Å². The van der Waals surface area contributed by atoms with Crippen molar-refractivity contribution in [3.8, 4) is 22.9 Å². The van der Waals surface area contributed by atoms with Gasteiger partial charge in [0.2, 0.25) is 5.88 Å². The van der Waals surface area contributed by atoms with Crippen LogP contribution in [0.2, 0.25) is 0 Å². The van der Waals surface area contributed by atoms with Crippen LogP contribution < -0.4 is 30.3 Å². The van der Waals surface area contributed by atoms with Gasteiger partial charge in [-0.15, -0.1) is 0 Å². The highest BCUT2D eigenvalue weighted by molar-refractivity contribution is 5.95. The monoisotopic (exact) mass is 590 g/mol. The van der Waals surface area contributed by atoms with Crippen molar-refractivity contribution in [2.45, 2.75) is 38.0 Å². The van der Waals surface area contributed by atoms with Crippen molar-refractivity contribution in [3.63, 3.8) is 0 Å². The van der Waals surface area contributed by atoms with Crippen LogP contribution in [0.15, 0.2) is 54.6 Å². The number of pyridine rings is 2. The molecule has 1 aromatic carbocycles. The second kappa shape index (κ2) is 14.4. The number of rotatable bonds is 9. The van der Waals surface area contributed by atoms with Crippen molar-refractivity contribution in [2.75, 3.05) is 43.0 Å². The van der Waals surface area contributed by atoms with E-state index in [1.165, 1.54) is 4.90 Å². The molecule has 0 aliphatic carbocycles. The number of anilines is 2. The third kappa shape index (κ3) is 7.96. The number of carbonyl (C=O) groups is 3. The number of carboxylic acid groups (broad SMARTS) is 1. The number of cyclic esters (lactones) is 1. The molecule has 3 aromatic rings. The highest BCUT2D eigenvalue weighted by Crippen LogP contribution is 2.30. The van der Waals surface area contributed by atoms with Crippen LogP contribution in [0.3, 0.4) is 0 Å². The summed E-state index contributed by atoms with van der Waals surface area (Å²) in [6.45, 7) is 3.34. The zero-order valence-electron chi connectivity index (χ0n) is 23.5. The Labute approximate surface area is 248 Å². The first-order chi connectivity index (χ1) is 21.0. The summed E-state index contributed by atoms with van der Waals surface area (Å²) in [5, 5.41) is 16.4. The minimum atomic E-state index is -0.452. The third-order valence-corrected chi connectivity index (χ3v) is 7.07. The molecule has 0 saturated carbocycles. The fourth-order valence-corrected chi connectivity index (χ4v) is 5.03.